The summed E-state index contributed by atoms with van der Waals surface area (Å²) in [5.74, 6) is -2.29. The Morgan fingerprint density at radius 2 is 1.92 bits per heavy atom. The first kappa shape index (κ1) is 12.3. The molecule has 78 valence electrons. The van der Waals surface area contributed by atoms with Gasteiger partial charge in [-0.05, 0) is 12.8 Å². The van der Waals surface area contributed by atoms with Gasteiger partial charge in [0, 0.05) is 6.42 Å². The minimum absolute atomic E-state index is 0.0107. The number of rotatable bonds is 5. The third kappa shape index (κ3) is 6.42. The molecular formula is C8H13F3O2. The normalized spacial score (nSPS) is 14.2. The van der Waals surface area contributed by atoms with Crippen LogP contribution in [0, 0.1) is 5.92 Å². The molecule has 0 aliphatic heterocycles. The zero-order valence-electron chi connectivity index (χ0n) is 7.40. The Morgan fingerprint density at radius 3 is 2.31 bits per heavy atom. The molecule has 13 heavy (non-hydrogen) atoms. The highest BCUT2D eigenvalue weighted by molar-refractivity contribution is 5.66. The number of aliphatic carboxylic acids is 1. The maximum atomic E-state index is 11.9. The van der Waals surface area contributed by atoms with Gasteiger partial charge in [-0.1, -0.05) is 13.3 Å². The van der Waals surface area contributed by atoms with E-state index in [0.29, 0.717) is 12.8 Å². The Hall–Kier alpha value is -0.740. The summed E-state index contributed by atoms with van der Waals surface area (Å²) in [6.45, 7) is 1.11. The van der Waals surface area contributed by atoms with Gasteiger partial charge < -0.3 is 5.11 Å². The highest BCUT2D eigenvalue weighted by atomic mass is 19.4. The van der Waals surface area contributed by atoms with Crippen molar-refractivity contribution in [2.24, 2.45) is 5.92 Å². The van der Waals surface area contributed by atoms with Crippen molar-refractivity contribution < 1.29 is 23.1 Å². The summed E-state index contributed by atoms with van der Waals surface area (Å²) in [5.41, 5.74) is 0. The smallest absolute Gasteiger partial charge is 0.391 e. The van der Waals surface area contributed by atoms with Gasteiger partial charge in [0.05, 0.1) is 5.92 Å². The standard InChI is InChI=1S/C8H13F3O2/c1-6(8(9,10)11)4-2-3-5-7(12)13/h6H,2-5H2,1H3,(H,12,13). The summed E-state index contributed by atoms with van der Waals surface area (Å²) in [5, 5.41) is 8.22. The van der Waals surface area contributed by atoms with Crippen molar-refractivity contribution in [3.63, 3.8) is 0 Å². The predicted molar refractivity (Wildman–Crippen MR) is 41.3 cm³/mol. The third-order valence-electron chi connectivity index (χ3n) is 1.84. The molecule has 0 aromatic carbocycles. The average Bonchev–Trinajstić information content (AvgIpc) is 1.95. The van der Waals surface area contributed by atoms with Gasteiger partial charge in [-0.3, -0.25) is 4.79 Å². The molecule has 0 amide bonds. The fraction of sp³-hybridized carbons (Fsp3) is 0.875. The molecule has 1 N–H and O–H groups in total. The number of unbranched alkanes of at least 4 members (excludes halogenated alkanes) is 1. The molecule has 0 aliphatic carbocycles. The van der Waals surface area contributed by atoms with E-state index in [9.17, 15) is 18.0 Å². The van der Waals surface area contributed by atoms with E-state index >= 15 is 0 Å². The molecule has 0 aliphatic rings. The zero-order valence-corrected chi connectivity index (χ0v) is 7.40. The zero-order chi connectivity index (χ0) is 10.5. The van der Waals surface area contributed by atoms with Crippen LogP contribution in [-0.2, 0) is 4.79 Å². The highest BCUT2D eigenvalue weighted by Gasteiger charge is 2.34. The van der Waals surface area contributed by atoms with Gasteiger partial charge in [-0.2, -0.15) is 13.2 Å². The summed E-state index contributed by atoms with van der Waals surface area (Å²) in [7, 11) is 0. The van der Waals surface area contributed by atoms with E-state index in [0.717, 1.165) is 6.92 Å². The van der Waals surface area contributed by atoms with Crippen LogP contribution >= 0.6 is 0 Å². The quantitative estimate of drug-likeness (QED) is 0.689. The maximum absolute atomic E-state index is 11.9. The van der Waals surface area contributed by atoms with Gasteiger partial charge in [0.1, 0.15) is 0 Å². The molecule has 0 radical (unpaired) electrons. The van der Waals surface area contributed by atoms with Crippen LogP contribution in [0.25, 0.3) is 0 Å². The summed E-state index contributed by atoms with van der Waals surface area (Å²) in [6, 6.07) is 0. The summed E-state index contributed by atoms with van der Waals surface area (Å²) >= 11 is 0. The molecule has 0 rings (SSSR count). The minimum Gasteiger partial charge on any atom is -0.481 e. The first-order chi connectivity index (χ1) is 5.84. The van der Waals surface area contributed by atoms with Gasteiger partial charge in [0.25, 0.3) is 0 Å². The molecule has 0 saturated heterocycles. The molecule has 0 spiro atoms. The third-order valence-corrected chi connectivity index (χ3v) is 1.84. The molecule has 2 nitrogen and oxygen atoms in total. The lowest BCUT2D eigenvalue weighted by molar-refractivity contribution is -0.171. The Morgan fingerprint density at radius 1 is 1.38 bits per heavy atom. The van der Waals surface area contributed by atoms with Gasteiger partial charge in [0.15, 0.2) is 0 Å². The molecule has 0 fully saturated rings. The summed E-state index contributed by atoms with van der Waals surface area (Å²) in [6.07, 6.45) is -3.56. The first-order valence-electron chi connectivity index (χ1n) is 4.12. The largest absolute Gasteiger partial charge is 0.481 e. The highest BCUT2D eigenvalue weighted by Crippen LogP contribution is 2.29. The second-order valence-electron chi connectivity index (χ2n) is 3.08. The Labute approximate surface area is 74.7 Å². The molecular weight excluding hydrogens is 185 g/mol. The van der Waals surface area contributed by atoms with Gasteiger partial charge in [-0.15, -0.1) is 0 Å². The number of hydrogen-bond acceptors (Lipinski definition) is 1. The Kier molecular flexibility index (Phi) is 4.80. The van der Waals surface area contributed by atoms with Crippen LogP contribution in [0.4, 0.5) is 13.2 Å². The van der Waals surface area contributed by atoms with E-state index in [2.05, 4.69) is 0 Å². The molecule has 1 unspecified atom stereocenters. The number of carbonyl (C=O) groups is 1. The van der Waals surface area contributed by atoms with E-state index < -0.39 is 18.1 Å². The lowest BCUT2D eigenvalue weighted by Gasteiger charge is -2.14. The van der Waals surface area contributed by atoms with E-state index in [1.165, 1.54) is 0 Å². The van der Waals surface area contributed by atoms with Crippen molar-refractivity contribution in [1.82, 2.24) is 0 Å². The second kappa shape index (κ2) is 5.09. The van der Waals surface area contributed by atoms with E-state index in [4.69, 9.17) is 5.11 Å². The van der Waals surface area contributed by atoms with Gasteiger partial charge >= 0.3 is 12.1 Å². The minimum atomic E-state index is -4.15. The first-order valence-corrected chi connectivity index (χ1v) is 4.12. The van der Waals surface area contributed by atoms with Crippen molar-refractivity contribution in [1.29, 1.82) is 0 Å². The van der Waals surface area contributed by atoms with Crippen LogP contribution in [0.3, 0.4) is 0 Å². The Balaban J connectivity index is 3.49. The van der Waals surface area contributed by atoms with Crippen LogP contribution in [-0.4, -0.2) is 17.3 Å². The lowest BCUT2D eigenvalue weighted by Crippen LogP contribution is -2.19. The van der Waals surface area contributed by atoms with Crippen LogP contribution in [0.1, 0.15) is 32.6 Å². The molecule has 0 aromatic rings. The van der Waals surface area contributed by atoms with Crippen molar-refractivity contribution in [2.45, 2.75) is 38.8 Å². The molecule has 1 atom stereocenters. The number of halogens is 3. The average molecular weight is 198 g/mol. The second-order valence-corrected chi connectivity index (χ2v) is 3.08. The Bertz CT molecular complexity index is 165. The molecule has 0 heterocycles. The predicted octanol–water partition coefficient (Wildman–Crippen LogP) is 2.83. The fourth-order valence-corrected chi connectivity index (χ4v) is 0.890. The van der Waals surface area contributed by atoms with Gasteiger partial charge in [0.2, 0.25) is 0 Å². The summed E-state index contributed by atoms with van der Waals surface area (Å²) < 4.78 is 35.8. The van der Waals surface area contributed by atoms with Crippen molar-refractivity contribution in [3.05, 3.63) is 0 Å². The number of carboxylic acid groups (broad SMARTS) is 1. The van der Waals surface area contributed by atoms with E-state index in [1.54, 1.807) is 0 Å². The van der Waals surface area contributed by atoms with Crippen molar-refractivity contribution >= 4 is 5.97 Å². The fourth-order valence-electron chi connectivity index (χ4n) is 0.890. The number of hydrogen-bond donors (Lipinski definition) is 1. The summed E-state index contributed by atoms with van der Waals surface area (Å²) in [4.78, 5) is 10.0. The van der Waals surface area contributed by atoms with E-state index in [-0.39, 0.29) is 12.8 Å². The van der Waals surface area contributed by atoms with Crippen LogP contribution in [0.15, 0.2) is 0 Å². The van der Waals surface area contributed by atoms with Crippen LogP contribution in [0.2, 0.25) is 0 Å². The van der Waals surface area contributed by atoms with E-state index in [1.807, 2.05) is 0 Å². The molecule has 5 heteroatoms. The maximum Gasteiger partial charge on any atom is 0.391 e. The monoisotopic (exact) mass is 198 g/mol. The number of carboxylic acids is 1. The topological polar surface area (TPSA) is 37.3 Å². The molecule has 0 bridgehead atoms. The molecule has 0 saturated carbocycles. The number of alkyl halides is 3. The van der Waals surface area contributed by atoms with Gasteiger partial charge in [-0.25, -0.2) is 0 Å². The van der Waals surface area contributed by atoms with Crippen LogP contribution < -0.4 is 0 Å². The van der Waals surface area contributed by atoms with Crippen LogP contribution in [0.5, 0.6) is 0 Å². The van der Waals surface area contributed by atoms with Crippen molar-refractivity contribution in [2.75, 3.05) is 0 Å². The lowest BCUT2D eigenvalue weighted by atomic mass is 10.0. The molecule has 0 aromatic heterocycles. The SMILES string of the molecule is CC(CCCCC(=O)O)C(F)(F)F. The van der Waals surface area contributed by atoms with Crippen molar-refractivity contribution in [3.8, 4) is 0 Å².